The van der Waals surface area contributed by atoms with E-state index in [4.69, 9.17) is 0 Å². The third-order valence-corrected chi connectivity index (χ3v) is 2.46. The van der Waals surface area contributed by atoms with Gasteiger partial charge in [-0.2, -0.15) is 5.10 Å². The molecule has 0 unspecified atom stereocenters. The Hall–Kier alpha value is -0.870. The summed E-state index contributed by atoms with van der Waals surface area (Å²) in [6, 6.07) is 2.53. The monoisotopic (exact) mass is 224 g/mol. The molecular weight excluding hydrogens is 200 g/mol. The van der Waals surface area contributed by atoms with E-state index in [0.717, 1.165) is 25.3 Å². The predicted octanol–water partition coefficient (Wildman–Crippen LogP) is 1.51. The van der Waals surface area contributed by atoms with Crippen LogP contribution in [-0.4, -0.2) is 41.9 Å². The summed E-state index contributed by atoms with van der Waals surface area (Å²) in [4.78, 5) is 2.20. The molecule has 0 bridgehead atoms. The lowest BCUT2D eigenvalue weighted by Gasteiger charge is -2.09. The first kappa shape index (κ1) is 13.2. The fourth-order valence-corrected chi connectivity index (χ4v) is 1.50. The molecule has 0 amide bonds. The van der Waals surface area contributed by atoms with Gasteiger partial charge in [-0.1, -0.05) is 0 Å². The van der Waals surface area contributed by atoms with E-state index in [1.54, 1.807) is 0 Å². The number of rotatable bonds is 7. The molecular formula is C12H24N4. The molecule has 4 nitrogen and oxygen atoms in total. The van der Waals surface area contributed by atoms with Crippen LogP contribution in [0.25, 0.3) is 0 Å². The molecule has 1 heterocycles. The molecule has 0 radical (unpaired) electrons. The third-order valence-electron chi connectivity index (χ3n) is 2.46. The molecule has 1 aromatic heterocycles. The molecule has 1 N–H and O–H groups in total. The zero-order valence-corrected chi connectivity index (χ0v) is 10.9. The van der Waals surface area contributed by atoms with E-state index >= 15 is 0 Å². The first-order valence-corrected chi connectivity index (χ1v) is 5.99. The molecule has 0 aliphatic carbocycles. The summed E-state index contributed by atoms with van der Waals surface area (Å²) < 4.78 is 2.00. The van der Waals surface area contributed by atoms with Crippen molar-refractivity contribution in [2.24, 2.45) is 0 Å². The second-order valence-electron chi connectivity index (χ2n) is 4.71. The van der Waals surface area contributed by atoms with E-state index < -0.39 is 0 Å². The molecule has 16 heavy (non-hydrogen) atoms. The number of hydrogen-bond acceptors (Lipinski definition) is 3. The summed E-state index contributed by atoms with van der Waals surface area (Å²) >= 11 is 0. The molecule has 1 rings (SSSR count). The van der Waals surface area contributed by atoms with Crippen LogP contribution in [0.4, 0.5) is 0 Å². The van der Waals surface area contributed by atoms with Gasteiger partial charge in [-0.15, -0.1) is 0 Å². The van der Waals surface area contributed by atoms with E-state index in [9.17, 15) is 0 Å². The summed E-state index contributed by atoms with van der Waals surface area (Å²) in [6.07, 6.45) is 3.22. The van der Waals surface area contributed by atoms with E-state index in [-0.39, 0.29) is 0 Å². The second kappa shape index (κ2) is 6.66. The van der Waals surface area contributed by atoms with Gasteiger partial charge >= 0.3 is 0 Å². The Morgan fingerprint density at radius 2 is 2.19 bits per heavy atom. The Morgan fingerprint density at radius 1 is 1.44 bits per heavy atom. The molecule has 0 aliphatic heterocycles. The lowest BCUT2D eigenvalue weighted by atomic mass is 10.4. The molecule has 0 aromatic carbocycles. The maximum absolute atomic E-state index is 4.49. The zero-order chi connectivity index (χ0) is 12.0. The number of nitrogens with zero attached hydrogens (tertiary/aromatic N) is 3. The maximum Gasteiger partial charge on any atom is 0.0762 e. The van der Waals surface area contributed by atoms with Gasteiger partial charge in [-0.25, -0.2) is 0 Å². The largest absolute Gasteiger partial charge is 0.311 e. The number of hydrogen-bond donors (Lipinski definition) is 1. The topological polar surface area (TPSA) is 33.1 Å². The molecule has 1 aromatic rings. The minimum atomic E-state index is 0.447. The zero-order valence-electron chi connectivity index (χ0n) is 10.9. The molecule has 0 spiro atoms. The molecule has 0 fully saturated rings. The average molecular weight is 224 g/mol. The molecule has 4 heteroatoms. The fraction of sp³-hybridized carbons (Fsp3) is 0.750. The van der Waals surface area contributed by atoms with Crippen LogP contribution in [0.1, 0.15) is 32.0 Å². The van der Waals surface area contributed by atoms with Crippen molar-refractivity contribution in [3.05, 3.63) is 18.0 Å². The van der Waals surface area contributed by atoms with E-state index in [1.165, 1.54) is 6.42 Å². The van der Waals surface area contributed by atoms with E-state index in [1.807, 2.05) is 10.9 Å². The third kappa shape index (κ3) is 4.77. The summed E-state index contributed by atoms with van der Waals surface area (Å²) in [5.74, 6) is 0. The Labute approximate surface area is 98.6 Å². The van der Waals surface area contributed by atoms with Crippen molar-refractivity contribution in [1.29, 1.82) is 0 Å². The molecule has 0 saturated heterocycles. The van der Waals surface area contributed by atoms with Crippen molar-refractivity contribution in [2.75, 3.05) is 27.2 Å². The van der Waals surface area contributed by atoms with Crippen molar-refractivity contribution in [1.82, 2.24) is 20.0 Å². The van der Waals surface area contributed by atoms with Gasteiger partial charge in [0, 0.05) is 18.8 Å². The van der Waals surface area contributed by atoms with Crippen molar-refractivity contribution < 1.29 is 0 Å². The Bertz CT molecular complexity index is 291. The van der Waals surface area contributed by atoms with Gasteiger partial charge in [0.2, 0.25) is 0 Å². The van der Waals surface area contributed by atoms with Gasteiger partial charge in [0.1, 0.15) is 0 Å². The quantitative estimate of drug-likeness (QED) is 0.713. The smallest absolute Gasteiger partial charge is 0.0762 e. The predicted molar refractivity (Wildman–Crippen MR) is 67.5 cm³/mol. The Kier molecular flexibility index (Phi) is 5.49. The lowest BCUT2D eigenvalue weighted by Crippen LogP contribution is -2.21. The normalized spacial score (nSPS) is 11.6. The Balaban J connectivity index is 2.17. The van der Waals surface area contributed by atoms with Gasteiger partial charge in [-0.3, -0.25) is 4.68 Å². The van der Waals surface area contributed by atoms with E-state index in [0.29, 0.717) is 6.04 Å². The molecule has 0 aliphatic rings. The average Bonchev–Trinajstić information content (AvgIpc) is 2.65. The molecule has 0 atom stereocenters. The minimum Gasteiger partial charge on any atom is -0.311 e. The van der Waals surface area contributed by atoms with Crippen LogP contribution >= 0.6 is 0 Å². The van der Waals surface area contributed by atoms with Gasteiger partial charge < -0.3 is 10.2 Å². The highest BCUT2D eigenvalue weighted by Gasteiger charge is 2.01. The van der Waals surface area contributed by atoms with Crippen molar-refractivity contribution in [3.8, 4) is 0 Å². The maximum atomic E-state index is 4.49. The van der Waals surface area contributed by atoms with Crippen molar-refractivity contribution in [2.45, 2.75) is 32.9 Å². The van der Waals surface area contributed by atoms with Gasteiger partial charge in [0.05, 0.1) is 5.69 Å². The molecule has 0 saturated carbocycles. The van der Waals surface area contributed by atoms with Crippen LogP contribution in [0, 0.1) is 0 Å². The standard InChI is InChI=1S/C12H24N4/c1-11(2)16-9-6-12(14-16)10-13-7-5-8-15(3)4/h6,9,11,13H,5,7-8,10H2,1-4H3. The van der Waals surface area contributed by atoms with Crippen LogP contribution in [-0.2, 0) is 6.54 Å². The van der Waals surface area contributed by atoms with E-state index in [2.05, 4.69) is 49.3 Å². The van der Waals surface area contributed by atoms with Crippen LogP contribution in [0.2, 0.25) is 0 Å². The number of nitrogens with one attached hydrogen (secondary N) is 1. The van der Waals surface area contributed by atoms with Crippen LogP contribution in [0.15, 0.2) is 12.3 Å². The minimum absolute atomic E-state index is 0.447. The second-order valence-corrected chi connectivity index (χ2v) is 4.71. The first-order chi connectivity index (χ1) is 7.59. The lowest BCUT2D eigenvalue weighted by molar-refractivity contribution is 0.394. The fourth-order valence-electron chi connectivity index (χ4n) is 1.50. The van der Waals surface area contributed by atoms with Crippen molar-refractivity contribution >= 4 is 0 Å². The van der Waals surface area contributed by atoms with Gasteiger partial charge in [0.15, 0.2) is 0 Å². The Morgan fingerprint density at radius 3 is 2.75 bits per heavy atom. The first-order valence-electron chi connectivity index (χ1n) is 5.99. The summed E-state index contributed by atoms with van der Waals surface area (Å²) in [6.45, 7) is 7.33. The SMILES string of the molecule is CC(C)n1ccc(CNCCCN(C)C)n1. The highest BCUT2D eigenvalue weighted by molar-refractivity contribution is 4.98. The highest BCUT2D eigenvalue weighted by Crippen LogP contribution is 2.03. The van der Waals surface area contributed by atoms with Crippen LogP contribution < -0.4 is 5.32 Å². The van der Waals surface area contributed by atoms with Gasteiger partial charge in [0.25, 0.3) is 0 Å². The van der Waals surface area contributed by atoms with Crippen LogP contribution in [0.5, 0.6) is 0 Å². The highest BCUT2D eigenvalue weighted by atomic mass is 15.3. The summed E-state index contributed by atoms with van der Waals surface area (Å²) in [5.41, 5.74) is 1.12. The van der Waals surface area contributed by atoms with Crippen molar-refractivity contribution in [3.63, 3.8) is 0 Å². The number of aromatic nitrogens is 2. The summed E-state index contributed by atoms with van der Waals surface area (Å²) in [7, 11) is 4.20. The van der Waals surface area contributed by atoms with Crippen LogP contribution in [0.3, 0.4) is 0 Å². The summed E-state index contributed by atoms with van der Waals surface area (Å²) in [5, 5.41) is 7.89. The molecule has 92 valence electrons. The van der Waals surface area contributed by atoms with Gasteiger partial charge in [-0.05, 0) is 53.5 Å².